The lowest BCUT2D eigenvalue weighted by Crippen LogP contribution is -2.35. The first kappa shape index (κ1) is 13.8. The molecule has 0 heterocycles. The monoisotopic (exact) mass is 300 g/mol. The third-order valence-corrected chi connectivity index (χ3v) is 2.84. The molecule has 0 aromatic heterocycles. The molecule has 3 N–H and O–H groups in total. The number of halogens is 1. The quantitative estimate of drug-likeness (QED) is 0.820. The van der Waals surface area contributed by atoms with Crippen molar-refractivity contribution in [3.63, 3.8) is 0 Å². The van der Waals surface area contributed by atoms with Crippen molar-refractivity contribution in [3.8, 4) is 5.75 Å². The van der Waals surface area contributed by atoms with Gasteiger partial charge in [-0.05, 0) is 31.5 Å². The number of anilines is 1. The molecule has 1 atom stereocenters. The Hall–Kier alpha value is -1.23. The van der Waals surface area contributed by atoms with Gasteiger partial charge in [0.05, 0.1) is 5.69 Å². The van der Waals surface area contributed by atoms with Crippen LogP contribution < -0.4 is 15.8 Å². The van der Waals surface area contributed by atoms with Gasteiger partial charge >= 0.3 is 0 Å². The second kappa shape index (κ2) is 6.49. The van der Waals surface area contributed by atoms with E-state index in [0.717, 1.165) is 10.9 Å². The van der Waals surface area contributed by atoms with Gasteiger partial charge in [-0.25, -0.2) is 0 Å². The molecule has 94 valence electrons. The van der Waals surface area contributed by atoms with Gasteiger partial charge < -0.3 is 15.8 Å². The van der Waals surface area contributed by atoms with Crippen molar-refractivity contribution in [2.75, 3.05) is 12.3 Å². The zero-order valence-electron chi connectivity index (χ0n) is 10.00. The highest BCUT2D eigenvalue weighted by Gasteiger charge is 2.07. The first-order chi connectivity index (χ1) is 8.02. The normalized spacial score (nSPS) is 11.9. The fourth-order valence-electron chi connectivity index (χ4n) is 1.21. The van der Waals surface area contributed by atoms with Crippen LogP contribution in [-0.2, 0) is 4.79 Å². The Morgan fingerprint density at radius 3 is 2.88 bits per heavy atom. The highest BCUT2D eigenvalue weighted by atomic mass is 79.9. The van der Waals surface area contributed by atoms with E-state index < -0.39 is 0 Å². The summed E-state index contributed by atoms with van der Waals surface area (Å²) in [5, 5.41) is 2.82. The molecule has 1 amide bonds. The van der Waals surface area contributed by atoms with E-state index in [-0.39, 0.29) is 18.6 Å². The van der Waals surface area contributed by atoms with Gasteiger partial charge in [-0.1, -0.05) is 22.9 Å². The van der Waals surface area contributed by atoms with E-state index in [9.17, 15) is 4.79 Å². The van der Waals surface area contributed by atoms with Crippen LogP contribution in [0.3, 0.4) is 0 Å². The molecule has 0 radical (unpaired) electrons. The van der Waals surface area contributed by atoms with Crippen LogP contribution in [0.5, 0.6) is 5.75 Å². The second-order valence-corrected chi connectivity index (χ2v) is 4.76. The van der Waals surface area contributed by atoms with E-state index in [4.69, 9.17) is 10.5 Å². The van der Waals surface area contributed by atoms with Crippen LogP contribution in [0.4, 0.5) is 5.69 Å². The van der Waals surface area contributed by atoms with Crippen molar-refractivity contribution >= 4 is 27.5 Å². The van der Waals surface area contributed by atoms with E-state index in [2.05, 4.69) is 21.2 Å². The minimum Gasteiger partial charge on any atom is -0.482 e. The molecule has 1 unspecified atom stereocenters. The summed E-state index contributed by atoms with van der Waals surface area (Å²) in [6, 6.07) is 5.45. The predicted octanol–water partition coefficient (Wildman–Crippen LogP) is 2.32. The molecule has 0 spiro atoms. The number of ether oxygens (including phenoxy) is 1. The number of amides is 1. The van der Waals surface area contributed by atoms with Gasteiger partial charge in [0.2, 0.25) is 0 Å². The average molecular weight is 301 g/mol. The maximum absolute atomic E-state index is 11.5. The topological polar surface area (TPSA) is 64.3 Å². The first-order valence-electron chi connectivity index (χ1n) is 5.50. The summed E-state index contributed by atoms with van der Waals surface area (Å²) < 4.78 is 6.22. The second-order valence-electron chi connectivity index (χ2n) is 3.85. The van der Waals surface area contributed by atoms with E-state index in [1.54, 1.807) is 12.1 Å². The highest BCUT2D eigenvalue weighted by molar-refractivity contribution is 9.10. The molecular formula is C12H17BrN2O2. The Kier molecular flexibility index (Phi) is 5.28. The summed E-state index contributed by atoms with van der Waals surface area (Å²) in [5.41, 5.74) is 6.26. The summed E-state index contributed by atoms with van der Waals surface area (Å²) >= 11 is 3.30. The molecule has 1 rings (SSSR count). The maximum atomic E-state index is 11.5. The number of nitrogens with one attached hydrogen (secondary N) is 1. The molecule has 0 bridgehead atoms. The third kappa shape index (κ3) is 4.65. The number of carbonyl (C=O) groups excluding carboxylic acids is 1. The lowest BCUT2D eigenvalue weighted by molar-refractivity contribution is -0.123. The van der Waals surface area contributed by atoms with Crippen molar-refractivity contribution in [1.29, 1.82) is 0 Å². The SMILES string of the molecule is CCC(C)NC(=O)COc1ccc(Br)cc1N. The molecule has 0 aliphatic carbocycles. The fraction of sp³-hybridized carbons (Fsp3) is 0.417. The number of nitrogen functional groups attached to an aromatic ring is 1. The molecule has 17 heavy (non-hydrogen) atoms. The molecule has 0 aliphatic rings. The van der Waals surface area contributed by atoms with Crippen LogP contribution in [-0.4, -0.2) is 18.6 Å². The number of benzene rings is 1. The van der Waals surface area contributed by atoms with Gasteiger partial charge in [0, 0.05) is 10.5 Å². The van der Waals surface area contributed by atoms with Crippen molar-refractivity contribution in [2.45, 2.75) is 26.3 Å². The van der Waals surface area contributed by atoms with Crippen molar-refractivity contribution in [2.24, 2.45) is 0 Å². The maximum Gasteiger partial charge on any atom is 0.258 e. The van der Waals surface area contributed by atoms with Crippen LogP contribution in [0.25, 0.3) is 0 Å². The summed E-state index contributed by atoms with van der Waals surface area (Å²) in [6.45, 7) is 3.95. The fourth-order valence-corrected chi connectivity index (χ4v) is 1.59. The molecular weight excluding hydrogens is 284 g/mol. The number of rotatable bonds is 5. The van der Waals surface area contributed by atoms with Crippen LogP contribution in [0.15, 0.2) is 22.7 Å². The van der Waals surface area contributed by atoms with Gasteiger partial charge in [-0.2, -0.15) is 0 Å². The van der Waals surface area contributed by atoms with Gasteiger partial charge in [-0.15, -0.1) is 0 Å². The minimum atomic E-state index is -0.137. The number of nitrogens with two attached hydrogens (primary N) is 1. The van der Waals surface area contributed by atoms with E-state index >= 15 is 0 Å². The minimum absolute atomic E-state index is 0.0177. The summed E-state index contributed by atoms with van der Waals surface area (Å²) in [6.07, 6.45) is 0.895. The van der Waals surface area contributed by atoms with E-state index in [1.807, 2.05) is 19.9 Å². The smallest absolute Gasteiger partial charge is 0.258 e. The molecule has 1 aromatic rings. The van der Waals surface area contributed by atoms with Gasteiger partial charge in [0.1, 0.15) is 5.75 Å². The van der Waals surface area contributed by atoms with Crippen LogP contribution >= 0.6 is 15.9 Å². The standard InChI is InChI=1S/C12H17BrN2O2/c1-3-8(2)15-12(16)7-17-11-5-4-9(13)6-10(11)14/h4-6,8H,3,7,14H2,1-2H3,(H,15,16). The number of carbonyl (C=O) groups is 1. The van der Waals surface area contributed by atoms with Crippen molar-refractivity contribution in [1.82, 2.24) is 5.32 Å². The number of hydrogen-bond acceptors (Lipinski definition) is 3. The predicted molar refractivity (Wildman–Crippen MR) is 71.9 cm³/mol. The molecule has 4 nitrogen and oxygen atoms in total. The molecule has 0 fully saturated rings. The highest BCUT2D eigenvalue weighted by Crippen LogP contribution is 2.24. The molecule has 0 saturated carbocycles. The number of hydrogen-bond donors (Lipinski definition) is 2. The Morgan fingerprint density at radius 1 is 1.59 bits per heavy atom. The first-order valence-corrected chi connectivity index (χ1v) is 6.29. The molecule has 5 heteroatoms. The average Bonchev–Trinajstić information content (AvgIpc) is 2.27. The van der Waals surface area contributed by atoms with Gasteiger partial charge in [0.15, 0.2) is 6.61 Å². The Morgan fingerprint density at radius 2 is 2.29 bits per heavy atom. The lowest BCUT2D eigenvalue weighted by Gasteiger charge is -2.13. The Bertz CT molecular complexity index is 396. The van der Waals surface area contributed by atoms with E-state index in [0.29, 0.717) is 11.4 Å². The Labute approximate surface area is 110 Å². The van der Waals surface area contributed by atoms with Crippen molar-refractivity contribution in [3.05, 3.63) is 22.7 Å². The van der Waals surface area contributed by atoms with Crippen LogP contribution in [0.1, 0.15) is 20.3 Å². The summed E-state index contributed by atoms with van der Waals surface area (Å²) in [5.74, 6) is 0.383. The molecule has 1 aromatic carbocycles. The largest absolute Gasteiger partial charge is 0.482 e. The lowest BCUT2D eigenvalue weighted by atomic mass is 10.2. The third-order valence-electron chi connectivity index (χ3n) is 2.35. The zero-order chi connectivity index (χ0) is 12.8. The Balaban J connectivity index is 2.47. The van der Waals surface area contributed by atoms with Crippen molar-refractivity contribution < 1.29 is 9.53 Å². The van der Waals surface area contributed by atoms with Gasteiger partial charge in [-0.3, -0.25) is 4.79 Å². The van der Waals surface area contributed by atoms with Crippen LogP contribution in [0.2, 0.25) is 0 Å². The summed E-state index contributed by atoms with van der Waals surface area (Å²) in [7, 11) is 0. The van der Waals surface area contributed by atoms with E-state index in [1.165, 1.54) is 0 Å². The molecule has 0 aliphatic heterocycles. The van der Waals surface area contributed by atoms with Gasteiger partial charge in [0.25, 0.3) is 5.91 Å². The summed E-state index contributed by atoms with van der Waals surface area (Å²) in [4.78, 5) is 11.5. The zero-order valence-corrected chi connectivity index (χ0v) is 11.6. The molecule has 0 saturated heterocycles. The van der Waals surface area contributed by atoms with Crippen LogP contribution in [0, 0.1) is 0 Å².